The highest BCUT2D eigenvalue weighted by molar-refractivity contribution is 5.84. The maximum Gasteiger partial charge on any atom is 0.326 e. The second-order valence-corrected chi connectivity index (χ2v) is 13.7. The van der Waals surface area contributed by atoms with Crippen molar-refractivity contribution in [3.8, 4) is 0 Å². The molecule has 0 radical (unpaired) electrons. The Bertz CT molecular complexity index is 983. The van der Waals surface area contributed by atoms with E-state index in [0.717, 1.165) is 45.1 Å². The number of carbonyl (C=O) groups is 6. The molecule has 0 saturated heterocycles. The first kappa shape index (κ1) is 54.1. The number of rotatable bonds is 40. The van der Waals surface area contributed by atoms with Gasteiger partial charge < -0.3 is 49.9 Å². The molecule has 0 fully saturated rings. The molecule has 15 heteroatoms. The van der Waals surface area contributed by atoms with Gasteiger partial charge in [0.2, 0.25) is 11.8 Å². The van der Waals surface area contributed by atoms with Gasteiger partial charge in [0.15, 0.2) is 5.78 Å². The second kappa shape index (κ2) is 42.2. The molecule has 0 aromatic rings. The number of unbranched alkanes of at least 4 members (excludes halogenated alkanes) is 15. The third kappa shape index (κ3) is 47.1. The van der Waals surface area contributed by atoms with Crippen molar-refractivity contribution in [2.24, 2.45) is 0 Å². The zero-order chi connectivity index (χ0) is 41.2. The van der Waals surface area contributed by atoms with E-state index in [0.29, 0.717) is 59.0 Å². The summed E-state index contributed by atoms with van der Waals surface area (Å²) in [6.45, 7) is 6.84. The fourth-order valence-corrected chi connectivity index (χ4v) is 5.22. The molecule has 0 saturated carbocycles. The van der Waals surface area contributed by atoms with E-state index < -0.39 is 18.0 Å². The van der Waals surface area contributed by atoms with Crippen molar-refractivity contribution in [2.75, 3.05) is 73.0 Å². The van der Waals surface area contributed by atoms with Gasteiger partial charge in [0, 0.05) is 32.4 Å². The molecule has 0 rings (SSSR count). The standard InChI is InChI=1S/C26H47NO6.C14H28N2O6/c1-22(28)20-21-23(26(32)33)27-24(29)18-16-14-12-10-8-6-4-2-3-5-7-9-11-13-15-17-19-25(30)31;1-13(17)11-21-9-7-20-6-4-16-14(18)12-22-10-8-19-5-3-15-2/h23H,2-21H2,1H3,(H,27,29)(H,30,31)(H,32,33);15H,3-12H2,1-2H3,(H,16,18)/t23-;/m0./s1. The minimum atomic E-state index is -1.09. The first-order valence-corrected chi connectivity index (χ1v) is 20.4. The molecule has 5 N–H and O–H groups in total. The maximum atomic E-state index is 11.9. The molecule has 0 unspecified atom stereocenters. The molecule has 2 amide bonds. The summed E-state index contributed by atoms with van der Waals surface area (Å²) in [5, 5.41) is 25.9. The molecule has 0 heterocycles. The predicted molar refractivity (Wildman–Crippen MR) is 211 cm³/mol. The van der Waals surface area contributed by atoms with Crippen molar-refractivity contribution in [1.82, 2.24) is 16.0 Å². The lowest BCUT2D eigenvalue weighted by Gasteiger charge is -2.13. The normalized spacial score (nSPS) is 11.3. The number of Topliss-reactive ketones (excluding diaryl/α,β-unsaturated/α-hetero) is 2. The number of hydrogen-bond acceptors (Lipinski definition) is 11. The molecule has 322 valence electrons. The van der Waals surface area contributed by atoms with Crippen molar-refractivity contribution in [3.63, 3.8) is 0 Å². The van der Waals surface area contributed by atoms with E-state index in [4.69, 9.17) is 29.2 Å². The fourth-order valence-electron chi connectivity index (χ4n) is 5.22. The van der Waals surface area contributed by atoms with Gasteiger partial charge >= 0.3 is 11.9 Å². The molecule has 1 atom stereocenters. The summed E-state index contributed by atoms with van der Waals surface area (Å²) in [4.78, 5) is 66.5. The Labute approximate surface area is 330 Å². The highest BCUT2D eigenvalue weighted by Crippen LogP contribution is 2.14. The molecule has 0 aromatic carbocycles. The Morgan fingerprint density at radius 3 is 1.36 bits per heavy atom. The van der Waals surface area contributed by atoms with Gasteiger partial charge in [-0.1, -0.05) is 89.9 Å². The summed E-state index contributed by atoms with van der Waals surface area (Å²) in [6, 6.07) is -0.975. The van der Waals surface area contributed by atoms with Gasteiger partial charge in [-0.25, -0.2) is 4.79 Å². The van der Waals surface area contributed by atoms with Crippen LogP contribution in [0.25, 0.3) is 0 Å². The first-order valence-electron chi connectivity index (χ1n) is 20.4. The number of carboxylic acids is 2. The van der Waals surface area contributed by atoms with Gasteiger partial charge in [-0.2, -0.15) is 0 Å². The third-order valence-electron chi connectivity index (χ3n) is 8.31. The van der Waals surface area contributed by atoms with Crippen LogP contribution in [0.5, 0.6) is 0 Å². The predicted octanol–water partition coefficient (Wildman–Crippen LogP) is 5.01. The van der Waals surface area contributed by atoms with E-state index in [-0.39, 0.29) is 49.4 Å². The van der Waals surface area contributed by atoms with Gasteiger partial charge in [-0.3, -0.25) is 19.2 Å². The van der Waals surface area contributed by atoms with E-state index >= 15 is 0 Å². The minimum Gasteiger partial charge on any atom is -0.481 e. The van der Waals surface area contributed by atoms with Gasteiger partial charge in [-0.15, -0.1) is 0 Å². The molecule has 0 aromatic heterocycles. The molecule has 0 spiro atoms. The Kier molecular flexibility index (Phi) is 41.5. The number of nitrogens with one attached hydrogen (secondary N) is 3. The Hall–Kier alpha value is -2.98. The SMILES string of the molecule is CC(=O)CC[C@H](NC(=O)CCCCCCCCCCCCCCCCCCC(=O)O)C(=O)O.CNCCOCCOCC(=O)NCCOCCOCC(C)=O. The smallest absolute Gasteiger partial charge is 0.326 e. The quantitative estimate of drug-likeness (QED) is 0.0517. The van der Waals surface area contributed by atoms with E-state index in [2.05, 4.69) is 16.0 Å². The van der Waals surface area contributed by atoms with Crippen LogP contribution in [-0.4, -0.2) is 125 Å². The van der Waals surface area contributed by atoms with E-state index in [9.17, 15) is 28.8 Å². The molecule has 15 nitrogen and oxygen atoms in total. The summed E-state index contributed by atoms with van der Waals surface area (Å²) in [7, 11) is 1.85. The minimum absolute atomic E-state index is 0.0110. The van der Waals surface area contributed by atoms with Crippen LogP contribution in [0.4, 0.5) is 0 Å². The van der Waals surface area contributed by atoms with Crippen LogP contribution in [0.3, 0.4) is 0 Å². The number of aliphatic carboxylic acids is 2. The zero-order valence-corrected chi connectivity index (χ0v) is 34.3. The van der Waals surface area contributed by atoms with Gasteiger partial charge in [0.1, 0.15) is 25.0 Å². The number of amides is 2. The molecule has 0 aliphatic rings. The third-order valence-corrected chi connectivity index (χ3v) is 8.31. The average Bonchev–Trinajstić information content (AvgIpc) is 3.13. The Balaban J connectivity index is 0. The van der Waals surface area contributed by atoms with Crippen molar-refractivity contribution in [3.05, 3.63) is 0 Å². The average molecular weight is 790 g/mol. The number of carbonyl (C=O) groups excluding carboxylic acids is 4. The van der Waals surface area contributed by atoms with Crippen LogP contribution >= 0.6 is 0 Å². The molecular formula is C40H75N3O12. The maximum absolute atomic E-state index is 11.9. The fraction of sp³-hybridized carbons (Fsp3) is 0.850. The van der Waals surface area contributed by atoms with E-state index in [1.54, 1.807) is 0 Å². The van der Waals surface area contributed by atoms with Crippen LogP contribution in [0, 0.1) is 0 Å². The van der Waals surface area contributed by atoms with E-state index in [1.165, 1.54) is 78.1 Å². The number of ketones is 2. The number of hydrogen-bond donors (Lipinski definition) is 5. The lowest BCUT2D eigenvalue weighted by Crippen LogP contribution is -2.40. The van der Waals surface area contributed by atoms with Crippen molar-refractivity contribution in [1.29, 1.82) is 0 Å². The summed E-state index contributed by atoms with van der Waals surface area (Å²) < 4.78 is 20.7. The van der Waals surface area contributed by atoms with Crippen LogP contribution in [0.2, 0.25) is 0 Å². The van der Waals surface area contributed by atoms with Gasteiger partial charge in [0.05, 0.1) is 39.6 Å². The van der Waals surface area contributed by atoms with Crippen LogP contribution < -0.4 is 16.0 Å². The largest absolute Gasteiger partial charge is 0.481 e. The van der Waals surface area contributed by atoms with Crippen molar-refractivity contribution >= 4 is 35.3 Å². The highest BCUT2D eigenvalue weighted by atomic mass is 16.5. The first-order chi connectivity index (χ1) is 26.5. The van der Waals surface area contributed by atoms with Crippen molar-refractivity contribution in [2.45, 2.75) is 148 Å². The van der Waals surface area contributed by atoms with Crippen LogP contribution in [0.15, 0.2) is 0 Å². The molecule has 0 aliphatic carbocycles. The summed E-state index contributed by atoms with van der Waals surface area (Å²) >= 11 is 0. The number of ether oxygens (including phenoxy) is 4. The summed E-state index contributed by atoms with van der Waals surface area (Å²) in [6.07, 6.45) is 19.4. The second-order valence-electron chi connectivity index (χ2n) is 13.7. The summed E-state index contributed by atoms with van der Waals surface area (Å²) in [5.41, 5.74) is 0. The molecule has 55 heavy (non-hydrogen) atoms. The molecule has 0 aliphatic heterocycles. The number of likely N-dealkylation sites (N-methyl/N-ethyl adjacent to an activating group) is 1. The highest BCUT2D eigenvalue weighted by Gasteiger charge is 2.19. The van der Waals surface area contributed by atoms with Crippen LogP contribution in [-0.2, 0) is 47.7 Å². The van der Waals surface area contributed by atoms with Crippen molar-refractivity contribution < 1.29 is 57.9 Å². The zero-order valence-electron chi connectivity index (χ0n) is 34.3. The van der Waals surface area contributed by atoms with Gasteiger partial charge in [-0.05, 0) is 40.2 Å². The number of carboxylic acid groups (broad SMARTS) is 2. The van der Waals surface area contributed by atoms with Crippen LogP contribution in [0.1, 0.15) is 142 Å². The lowest BCUT2D eigenvalue weighted by molar-refractivity contribution is -0.142. The Morgan fingerprint density at radius 2 is 0.927 bits per heavy atom. The monoisotopic (exact) mass is 790 g/mol. The summed E-state index contributed by atoms with van der Waals surface area (Å²) in [5.74, 6) is -2.30. The Morgan fingerprint density at radius 1 is 0.491 bits per heavy atom. The van der Waals surface area contributed by atoms with Gasteiger partial charge in [0.25, 0.3) is 0 Å². The lowest BCUT2D eigenvalue weighted by atomic mass is 10.0. The van der Waals surface area contributed by atoms with E-state index in [1.807, 2.05) is 7.05 Å². The molecule has 0 bridgehead atoms. The molecular weight excluding hydrogens is 714 g/mol. The topological polar surface area (TPSA) is 216 Å².